The lowest BCUT2D eigenvalue weighted by molar-refractivity contribution is 0.138. The Morgan fingerprint density at radius 3 is 2.31 bits per heavy atom. The van der Waals surface area contributed by atoms with Gasteiger partial charge in [0.25, 0.3) is 0 Å². The second-order valence-electron chi connectivity index (χ2n) is 5.70. The lowest BCUT2D eigenvalue weighted by atomic mass is 9.69. The van der Waals surface area contributed by atoms with Gasteiger partial charge in [-0.05, 0) is 43.9 Å². The molecule has 0 aromatic carbocycles. The van der Waals surface area contributed by atoms with Gasteiger partial charge in [-0.25, -0.2) is 0 Å². The second kappa shape index (κ2) is 6.30. The molecule has 0 amide bonds. The first-order valence-corrected chi connectivity index (χ1v) is 6.73. The molecule has 0 heterocycles. The van der Waals surface area contributed by atoms with E-state index in [0.717, 1.165) is 12.5 Å². The second-order valence-corrected chi connectivity index (χ2v) is 5.70. The van der Waals surface area contributed by atoms with Crippen LogP contribution in [0.5, 0.6) is 0 Å². The molecular formula is C15H27N. The molecule has 1 saturated carbocycles. The minimum Gasteiger partial charge on any atom is -0.303 e. The molecule has 0 unspecified atom stereocenters. The first-order chi connectivity index (χ1) is 7.60. The van der Waals surface area contributed by atoms with Gasteiger partial charge in [0, 0.05) is 6.04 Å². The number of hydrogen-bond acceptors (Lipinski definition) is 1. The van der Waals surface area contributed by atoms with Crippen molar-refractivity contribution >= 4 is 0 Å². The predicted octanol–water partition coefficient (Wildman–Crippen LogP) is 3.59. The van der Waals surface area contributed by atoms with Crippen molar-refractivity contribution in [3.8, 4) is 11.8 Å². The maximum absolute atomic E-state index is 3.54. The fourth-order valence-corrected chi connectivity index (χ4v) is 2.65. The van der Waals surface area contributed by atoms with E-state index in [2.05, 4.69) is 37.9 Å². The van der Waals surface area contributed by atoms with Crippen LogP contribution in [0.15, 0.2) is 0 Å². The Kier molecular flexibility index (Phi) is 5.35. The summed E-state index contributed by atoms with van der Waals surface area (Å²) in [5.74, 6) is 6.95. The van der Waals surface area contributed by atoms with E-state index < -0.39 is 0 Å². The molecule has 0 saturated heterocycles. The highest BCUT2D eigenvalue weighted by Crippen LogP contribution is 2.40. The van der Waals surface area contributed by atoms with Crippen LogP contribution in [-0.2, 0) is 0 Å². The third-order valence-electron chi connectivity index (χ3n) is 4.40. The zero-order chi connectivity index (χ0) is 12.0. The van der Waals surface area contributed by atoms with E-state index in [-0.39, 0.29) is 0 Å². The number of rotatable bonds is 4. The maximum atomic E-state index is 3.54. The third kappa shape index (κ3) is 3.83. The van der Waals surface area contributed by atoms with Crippen molar-refractivity contribution in [2.45, 2.75) is 65.8 Å². The maximum Gasteiger partial charge on any atom is 0.0578 e. The van der Waals surface area contributed by atoms with Gasteiger partial charge in [0.1, 0.15) is 0 Å². The number of hydrogen-bond donors (Lipinski definition) is 1. The molecule has 1 heteroatoms. The van der Waals surface area contributed by atoms with E-state index in [1.165, 1.54) is 32.1 Å². The van der Waals surface area contributed by atoms with Gasteiger partial charge >= 0.3 is 0 Å². The molecule has 0 bridgehead atoms. The summed E-state index contributed by atoms with van der Waals surface area (Å²) in [4.78, 5) is 0. The van der Waals surface area contributed by atoms with Gasteiger partial charge < -0.3 is 5.32 Å². The summed E-state index contributed by atoms with van der Waals surface area (Å²) >= 11 is 0. The van der Waals surface area contributed by atoms with Crippen LogP contribution in [0, 0.1) is 23.2 Å². The molecule has 0 aromatic heterocycles. The Balaban J connectivity index is 2.30. The minimum absolute atomic E-state index is 0.536. The summed E-state index contributed by atoms with van der Waals surface area (Å²) in [5, 5.41) is 3.54. The molecule has 1 nitrogen and oxygen atoms in total. The zero-order valence-electron chi connectivity index (χ0n) is 11.4. The molecule has 92 valence electrons. The Labute approximate surface area is 101 Å². The van der Waals surface area contributed by atoms with Crippen molar-refractivity contribution in [3.63, 3.8) is 0 Å². The molecule has 0 atom stereocenters. The van der Waals surface area contributed by atoms with Crippen molar-refractivity contribution in [1.82, 2.24) is 5.32 Å². The summed E-state index contributed by atoms with van der Waals surface area (Å²) in [7, 11) is 0. The van der Waals surface area contributed by atoms with E-state index in [1.807, 2.05) is 6.92 Å². The average molecular weight is 221 g/mol. The van der Waals surface area contributed by atoms with Gasteiger partial charge in [0.05, 0.1) is 6.54 Å². The van der Waals surface area contributed by atoms with E-state index in [4.69, 9.17) is 0 Å². The van der Waals surface area contributed by atoms with E-state index in [1.54, 1.807) is 0 Å². The molecule has 0 radical (unpaired) electrons. The highest BCUT2D eigenvalue weighted by atomic mass is 14.9. The number of nitrogens with one attached hydrogen (secondary N) is 1. The summed E-state index contributed by atoms with van der Waals surface area (Å²) in [6.45, 7) is 9.94. The predicted molar refractivity (Wildman–Crippen MR) is 71.3 cm³/mol. The first-order valence-electron chi connectivity index (χ1n) is 6.73. The van der Waals surface area contributed by atoms with Crippen molar-refractivity contribution in [2.24, 2.45) is 11.3 Å². The van der Waals surface area contributed by atoms with Gasteiger partial charge in [0.2, 0.25) is 0 Å². The molecule has 16 heavy (non-hydrogen) atoms. The molecule has 1 aliphatic carbocycles. The van der Waals surface area contributed by atoms with Crippen LogP contribution in [0.4, 0.5) is 0 Å². The van der Waals surface area contributed by atoms with E-state index >= 15 is 0 Å². The molecule has 1 rings (SSSR count). The Morgan fingerprint density at radius 1 is 1.19 bits per heavy atom. The summed E-state index contributed by atoms with van der Waals surface area (Å²) in [5.41, 5.74) is 0.536. The fourth-order valence-electron chi connectivity index (χ4n) is 2.65. The largest absolute Gasteiger partial charge is 0.303 e. The van der Waals surface area contributed by atoms with Crippen LogP contribution in [0.25, 0.3) is 0 Å². The van der Waals surface area contributed by atoms with E-state index in [9.17, 15) is 0 Å². The van der Waals surface area contributed by atoms with Crippen LogP contribution in [0.2, 0.25) is 0 Å². The molecule has 0 aromatic rings. The smallest absolute Gasteiger partial charge is 0.0578 e. The minimum atomic E-state index is 0.536. The zero-order valence-corrected chi connectivity index (χ0v) is 11.4. The monoisotopic (exact) mass is 221 g/mol. The highest BCUT2D eigenvalue weighted by molar-refractivity contribution is 4.98. The van der Waals surface area contributed by atoms with E-state index in [0.29, 0.717) is 11.5 Å². The van der Waals surface area contributed by atoms with Crippen molar-refractivity contribution < 1.29 is 0 Å². The molecule has 1 N–H and O–H groups in total. The van der Waals surface area contributed by atoms with Crippen LogP contribution >= 0.6 is 0 Å². The van der Waals surface area contributed by atoms with Gasteiger partial charge in [-0.2, -0.15) is 0 Å². The van der Waals surface area contributed by atoms with Crippen LogP contribution in [0.1, 0.15) is 59.8 Å². The quantitative estimate of drug-likeness (QED) is 0.715. The molecule has 0 aliphatic heterocycles. The van der Waals surface area contributed by atoms with Gasteiger partial charge in [0.15, 0.2) is 0 Å². The summed E-state index contributed by atoms with van der Waals surface area (Å²) in [6, 6.07) is 0.713. The van der Waals surface area contributed by atoms with Gasteiger partial charge in [-0.15, -0.1) is 5.92 Å². The van der Waals surface area contributed by atoms with Gasteiger partial charge in [-0.1, -0.05) is 33.1 Å². The third-order valence-corrected chi connectivity index (χ3v) is 4.40. The van der Waals surface area contributed by atoms with Crippen molar-refractivity contribution in [1.29, 1.82) is 0 Å². The lowest BCUT2D eigenvalue weighted by Crippen LogP contribution is -2.36. The topological polar surface area (TPSA) is 12.0 Å². The lowest BCUT2D eigenvalue weighted by Gasteiger charge is -2.39. The Bertz CT molecular complexity index is 248. The fraction of sp³-hybridized carbons (Fsp3) is 0.867. The standard InChI is InChI=1S/C15H27N/c1-5-7-12-16-14-10-8-13(9-11-14)15(3,4)6-2/h13-14,16H,6,8-12H2,1-4H3. The highest BCUT2D eigenvalue weighted by Gasteiger charge is 2.31. The van der Waals surface area contributed by atoms with Gasteiger partial charge in [-0.3, -0.25) is 0 Å². The van der Waals surface area contributed by atoms with Crippen LogP contribution in [0.3, 0.4) is 0 Å². The average Bonchev–Trinajstić information content (AvgIpc) is 2.30. The molecule has 0 spiro atoms. The first kappa shape index (κ1) is 13.6. The van der Waals surface area contributed by atoms with Crippen LogP contribution in [-0.4, -0.2) is 12.6 Å². The summed E-state index contributed by atoms with van der Waals surface area (Å²) < 4.78 is 0. The summed E-state index contributed by atoms with van der Waals surface area (Å²) in [6.07, 6.45) is 6.74. The molecule has 1 aliphatic rings. The normalized spacial score (nSPS) is 26.0. The Hall–Kier alpha value is -0.480. The van der Waals surface area contributed by atoms with Crippen molar-refractivity contribution in [3.05, 3.63) is 0 Å². The van der Waals surface area contributed by atoms with Crippen molar-refractivity contribution in [2.75, 3.05) is 6.54 Å². The molecular weight excluding hydrogens is 194 g/mol. The SMILES string of the molecule is CC#CCNC1CCC(C(C)(C)CC)CC1. The van der Waals surface area contributed by atoms with Crippen LogP contribution < -0.4 is 5.32 Å². The Morgan fingerprint density at radius 2 is 1.81 bits per heavy atom. The molecule has 1 fully saturated rings.